The Morgan fingerprint density at radius 1 is 1.00 bits per heavy atom. The number of nitrogens with zero attached hydrogens (tertiary/aromatic N) is 1. The smallest absolute Gasteiger partial charge is 0.240 e. The maximum absolute atomic E-state index is 13.8. The van der Waals surface area contributed by atoms with Crippen LogP contribution in [0.3, 0.4) is 0 Å². The van der Waals surface area contributed by atoms with Gasteiger partial charge < -0.3 is 0 Å². The van der Waals surface area contributed by atoms with Crippen LogP contribution in [-0.4, -0.2) is 21.8 Å². The fourth-order valence-electron chi connectivity index (χ4n) is 2.22. The van der Waals surface area contributed by atoms with Crippen LogP contribution in [0.25, 0.3) is 11.3 Å². The van der Waals surface area contributed by atoms with Gasteiger partial charge in [0.15, 0.2) is 0 Å². The minimum absolute atomic E-state index is 0.186. The molecule has 2 aromatic carbocycles. The van der Waals surface area contributed by atoms with E-state index in [-0.39, 0.29) is 6.54 Å². The highest BCUT2D eigenvalue weighted by Gasteiger charge is 2.19. The Kier molecular flexibility index (Phi) is 5.38. The van der Waals surface area contributed by atoms with Crippen molar-refractivity contribution in [2.24, 2.45) is 0 Å². The predicted molar refractivity (Wildman–Crippen MR) is 96.3 cm³/mol. The van der Waals surface area contributed by atoms with Crippen LogP contribution in [0.5, 0.6) is 0 Å². The normalized spacial score (nSPS) is 12.2. The van der Waals surface area contributed by atoms with Crippen molar-refractivity contribution in [1.29, 1.82) is 0 Å². The maximum atomic E-state index is 13.8. The van der Waals surface area contributed by atoms with Gasteiger partial charge in [0.25, 0.3) is 0 Å². The molecule has 1 heterocycles. The lowest BCUT2D eigenvalue weighted by Gasteiger charge is -2.06. The van der Waals surface area contributed by atoms with Crippen LogP contribution in [0.15, 0.2) is 63.7 Å². The van der Waals surface area contributed by atoms with Crippen molar-refractivity contribution in [2.75, 3.05) is 0 Å². The number of aromatic nitrogens is 1. The van der Waals surface area contributed by atoms with Crippen molar-refractivity contribution < 1.29 is 25.1 Å². The molecule has 1 N–H and O–H groups in total. The number of rotatable bonds is 6. The molecule has 3 rings (SSSR count). The molecule has 0 unspecified atom stereocenters. The summed E-state index contributed by atoms with van der Waals surface area (Å²) in [5.74, 6) is -0.445. The Labute approximate surface area is 158 Å². The van der Waals surface area contributed by atoms with Gasteiger partial charge in [-0.3, -0.25) is 0 Å². The molecular weight excluding hydrogens is 418 g/mol. The zero-order valence-corrected chi connectivity index (χ0v) is 15.9. The number of benzene rings is 2. The van der Waals surface area contributed by atoms with Crippen LogP contribution >= 0.6 is 11.3 Å². The van der Waals surface area contributed by atoms with Gasteiger partial charge in [-0.1, -0.05) is 18.2 Å². The zero-order chi connectivity index (χ0) is 19.7. The fraction of sp³-hybridized carbons (Fsp3) is 0.0625. The molecule has 6 nitrogen and oxygen atoms in total. The molecule has 0 saturated carbocycles. The maximum Gasteiger partial charge on any atom is 0.332 e. The van der Waals surface area contributed by atoms with E-state index in [1.807, 2.05) is 0 Å². The third-order valence-corrected chi connectivity index (χ3v) is 6.58. The van der Waals surface area contributed by atoms with Crippen LogP contribution in [0.2, 0.25) is 0 Å². The van der Waals surface area contributed by atoms with Gasteiger partial charge in [0.05, 0.1) is 22.0 Å². The number of hydrogen-bond acceptors (Lipinski definition) is 6. The van der Waals surface area contributed by atoms with Crippen molar-refractivity contribution in [3.8, 4) is 11.3 Å². The van der Waals surface area contributed by atoms with Crippen molar-refractivity contribution in [3.63, 3.8) is 0 Å². The predicted octanol–water partition coefficient (Wildman–Crippen LogP) is 3.09. The molecule has 0 spiro atoms. The topological polar surface area (TPSA) is 93.2 Å². The van der Waals surface area contributed by atoms with E-state index in [1.54, 1.807) is 23.6 Å². The van der Waals surface area contributed by atoms with E-state index in [2.05, 4.69) is 9.71 Å². The Morgan fingerprint density at radius 3 is 2.41 bits per heavy atom. The minimum atomic E-state index is -5.02. The first-order valence-electron chi connectivity index (χ1n) is 7.40. The van der Waals surface area contributed by atoms with Crippen LogP contribution in [0, 0.1) is 5.82 Å². The lowest BCUT2D eigenvalue weighted by atomic mass is 10.2. The second-order valence-corrected chi connectivity index (χ2v) is 9.40. The van der Waals surface area contributed by atoms with Gasteiger partial charge in [0, 0.05) is 10.9 Å². The summed E-state index contributed by atoms with van der Waals surface area (Å²) >= 11 is 1.14. The highest BCUT2D eigenvalue weighted by molar-refractivity contribution is 7.89. The summed E-state index contributed by atoms with van der Waals surface area (Å²) in [5, 5.41) is 1.98. The fourth-order valence-corrected chi connectivity index (χ4v) is 4.66. The Morgan fingerprint density at radius 2 is 1.70 bits per heavy atom. The van der Waals surface area contributed by atoms with Gasteiger partial charge in [0.2, 0.25) is 10.0 Å². The van der Waals surface area contributed by atoms with E-state index < -0.39 is 35.9 Å². The SMILES string of the molecule is O=S(=O)(F)c1cccc(S(=O)(=O)NCc2nc(-c3ccccc3F)cs2)c1. The van der Waals surface area contributed by atoms with E-state index in [1.165, 1.54) is 6.07 Å². The van der Waals surface area contributed by atoms with Crippen molar-refractivity contribution in [2.45, 2.75) is 16.3 Å². The highest BCUT2D eigenvalue weighted by Crippen LogP contribution is 2.24. The number of halogens is 2. The van der Waals surface area contributed by atoms with Gasteiger partial charge in [-0.15, -0.1) is 15.2 Å². The van der Waals surface area contributed by atoms with E-state index in [9.17, 15) is 25.1 Å². The van der Waals surface area contributed by atoms with Crippen molar-refractivity contribution in [1.82, 2.24) is 9.71 Å². The van der Waals surface area contributed by atoms with Crippen LogP contribution < -0.4 is 4.72 Å². The molecule has 0 saturated heterocycles. The third-order valence-electron chi connectivity index (χ3n) is 3.51. The second kappa shape index (κ2) is 7.43. The Balaban J connectivity index is 1.78. The van der Waals surface area contributed by atoms with Crippen LogP contribution in [-0.2, 0) is 26.8 Å². The molecule has 142 valence electrons. The van der Waals surface area contributed by atoms with E-state index in [0.717, 1.165) is 35.6 Å². The molecule has 0 radical (unpaired) electrons. The number of nitrogens with one attached hydrogen (secondary N) is 1. The first kappa shape index (κ1) is 19.5. The molecule has 11 heteroatoms. The van der Waals surface area contributed by atoms with Gasteiger partial charge in [-0.05, 0) is 30.3 Å². The molecule has 0 amide bonds. The first-order valence-corrected chi connectivity index (χ1v) is 11.2. The summed E-state index contributed by atoms with van der Waals surface area (Å²) in [6, 6.07) is 10.0. The summed E-state index contributed by atoms with van der Waals surface area (Å²) in [6.07, 6.45) is 0. The standard InChI is InChI=1S/C16H12F2N2O4S3/c17-14-7-2-1-6-13(14)15-10-25-16(20-15)9-19-27(23,24)12-5-3-4-11(8-12)26(18,21)22/h1-8,10,19H,9H2. The summed E-state index contributed by atoms with van der Waals surface area (Å²) in [6.45, 7) is -0.186. The molecule has 0 fully saturated rings. The lowest BCUT2D eigenvalue weighted by Crippen LogP contribution is -2.23. The summed E-state index contributed by atoms with van der Waals surface area (Å²) < 4.78 is 75.6. The van der Waals surface area contributed by atoms with E-state index in [4.69, 9.17) is 0 Å². The molecular formula is C16H12F2N2O4S3. The van der Waals surface area contributed by atoms with Crippen LogP contribution in [0.4, 0.5) is 8.28 Å². The molecule has 1 aromatic heterocycles. The first-order chi connectivity index (χ1) is 12.7. The van der Waals surface area contributed by atoms with Gasteiger partial charge in [0.1, 0.15) is 10.8 Å². The largest absolute Gasteiger partial charge is 0.332 e. The number of hydrogen-bond donors (Lipinski definition) is 1. The Hall–Kier alpha value is -2.21. The monoisotopic (exact) mass is 430 g/mol. The molecule has 0 aliphatic carbocycles. The minimum Gasteiger partial charge on any atom is -0.240 e. The number of thiazole rings is 1. The van der Waals surface area contributed by atoms with Crippen molar-refractivity contribution >= 4 is 31.6 Å². The summed E-state index contributed by atoms with van der Waals surface area (Å²) in [7, 11) is -9.12. The second-order valence-electron chi connectivity index (χ2n) is 5.34. The number of sulfonamides is 1. The summed E-state index contributed by atoms with van der Waals surface area (Å²) in [4.78, 5) is 3.05. The Bertz CT molecular complexity index is 1190. The van der Waals surface area contributed by atoms with Crippen molar-refractivity contribution in [3.05, 3.63) is 64.7 Å². The highest BCUT2D eigenvalue weighted by atomic mass is 32.3. The third kappa shape index (κ3) is 4.56. The molecule has 27 heavy (non-hydrogen) atoms. The van der Waals surface area contributed by atoms with E-state index >= 15 is 0 Å². The lowest BCUT2D eigenvalue weighted by molar-refractivity contribution is 0.551. The molecule has 0 aliphatic rings. The van der Waals surface area contributed by atoms with Gasteiger partial charge in [-0.25, -0.2) is 22.5 Å². The summed E-state index contributed by atoms with van der Waals surface area (Å²) in [5.41, 5.74) is 0.668. The molecule has 0 atom stereocenters. The molecule has 0 aliphatic heterocycles. The zero-order valence-electron chi connectivity index (χ0n) is 13.5. The van der Waals surface area contributed by atoms with Crippen LogP contribution in [0.1, 0.15) is 5.01 Å². The molecule has 3 aromatic rings. The molecule has 0 bridgehead atoms. The average Bonchev–Trinajstić information content (AvgIpc) is 3.09. The van der Waals surface area contributed by atoms with Gasteiger partial charge >= 0.3 is 10.2 Å². The van der Waals surface area contributed by atoms with Gasteiger partial charge in [-0.2, -0.15) is 8.42 Å². The van der Waals surface area contributed by atoms with E-state index in [0.29, 0.717) is 16.3 Å². The quantitative estimate of drug-likeness (QED) is 0.607. The average molecular weight is 430 g/mol.